The number of aliphatic hydroxyl groups excluding tert-OH is 1. The van der Waals surface area contributed by atoms with Crippen LogP contribution in [0.15, 0.2) is 28.9 Å². The number of aromatic nitrogens is 1. The average Bonchev–Trinajstić information content (AvgIpc) is 2.71. The highest BCUT2D eigenvalue weighted by Gasteiger charge is 2.58. The van der Waals surface area contributed by atoms with E-state index in [-0.39, 0.29) is 21.3 Å². The van der Waals surface area contributed by atoms with E-state index < -0.39 is 35.5 Å². The number of aliphatic hydroxyl groups is 1. The summed E-state index contributed by atoms with van der Waals surface area (Å²) in [5.41, 5.74) is -1.07. The topological polar surface area (TPSA) is 66.1 Å². The Balaban J connectivity index is 2.10. The fraction of sp³-hybridized carbons (Fsp3) is 0.200. The molecule has 0 amide bonds. The quantitative estimate of drug-likeness (QED) is 0.758. The van der Waals surface area contributed by atoms with Crippen LogP contribution < -0.4 is 4.74 Å². The van der Waals surface area contributed by atoms with Crippen molar-refractivity contribution < 1.29 is 27.4 Å². The summed E-state index contributed by atoms with van der Waals surface area (Å²) in [6.45, 7) is 0. The number of benzene rings is 1. The second-order valence-corrected chi connectivity index (χ2v) is 5.92. The Labute approximate surface area is 141 Å². The van der Waals surface area contributed by atoms with Gasteiger partial charge in [0.15, 0.2) is 6.17 Å². The summed E-state index contributed by atoms with van der Waals surface area (Å²) in [5, 5.41) is 18.5. The lowest BCUT2D eigenvalue weighted by Crippen LogP contribution is -2.24. The number of nitriles is 1. The maximum atomic E-state index is 14.1. The molecule has 0 saturated carbocycles. The molecule has 1 aromatic carbocycles. The molecule has 1 heterocycles. The molecule has 2 unspecified atom stereocenters. The van der Waals surface area contributed by atoms with E-state index >= 15 is 0 Å². The van der Waals surface area contributed by atoms with Gasteiger partial charge in [-0.05, 0) is 28.1 Å². The van der Waals surface area contributed by atoms with Gasteiger partial charge < -0.3 is 9.84 Å². The van der Waals surface area contributed by atoms with Crippen molar-refractivity contribution in [3.8, 4) is 17.7 Å². The number of ether oxygens (including phenoxy) is 1. The van der Waals surface area contributed by atoms with Gasteiger partial charge in [0, 0.05) is 22.3 Å². The minimum absolute atomic E-state index is 0.00543. The Bertz CT molecular complexity index is 869. The molecule has 124 valence electrons. The molecule has 9 heteroatoms. The van der Waals surface area contributed by atoms with Gasteiger partial charge in [-0.3, -0.25) is 0 Å². The maximum Gasteiger partial charge on any atom is 0.312 e. The molecule has 4 nitrogen and oxygen atoms in total. The van der Waals surface area contributed by atoms with Gasteiger partial charge in [0.05, 0.1) is 17.2 Å². The third-order valence-electron chi connectivity index (χ3n) is 3.52. The summed E-state index contributed by atoms with van der Waals surface area (Å²) in [6, 6.07) is 4.69. The van der Waals surface area contributed by atoms with Crippen LogP contribution >= 0.6 is 15.9 Å². The number of hydrogen-bond donors (Lipinski definition) is 1. The van der Waals surface area contributed by atoms with Crippen molar-refractivity contribution in [2.45, 2.75) is 18.2 Å². The van der Waals surface area contributed by atoms with E-state index in [0.29, 0.717) is 0 Å². The van der Waals surface area contributed by atoms with E-state index in [0.717, 1.165) is 24.4 Å². The lowest BCUT2D eigenvalue weighted by Gasteiger charge is -2.15. The molecule has 1 aliphatic rings. The van der Waals surface area contributed by atoms with E-state index in [4.69, 9.17) is 10.00 Å². The van der Waals surface area contributed by atoms with Crippen LogP contribution in [-0.4, -0.2) is 16.0 Å². The Hall–Kier alpha value is -2.18. The van der Waals surface area contributed by atoms with Gasteiger partial charge in [0.1, 0.15) is 17.7 Å². The van der Waals surface area contributed by atoms with E-state index in [1.54, 1.807) is 6.07 Å². The van der Waals surface area contributed by atoms with Gasteiger partial charge in [0.25, 0.3) is 0 Å². The predicted octanol–water partition coefficient (Wildman–Crippen LogP) is 4.34. The summed E-state index contributed by atoms with van der Waals surface area (Å²) >= 11 is 2.94. The van der Waals surface area contributed by atoms with Crippen molar-refractivity contribution in [3.63, 3.8) is 0 Å². The Morgan fingerprint density at radius 1 is 1.29 bits per heavy atom. The van der Waals surface area contributed by atoms with Crippen LogP contribution in [0.5, 0.6) is 11.6 Å². The molecule has 2 aromatic rings. The molecule has 1 aromatic heterocycles. The molecule has 0 spiro atoms. The first kappa shape index (κ1) is 16.7. The zero-order chi connectivity index (χ0) is 17.6. The van der Waals surface area contributed by atoms with Crippen LogP contribution in [0.4, 0.5) is 17.6 Å². The lowest BCUT2D eigenvalue weighted by molar-refractivity contribution is -0.143. The van der Waals surface area contributed by atoms with E-state index in [2.05, 4.69) is 20.9 Å². The molecule has 0 aliphatic heterocycles. The second-order valence-electron chi connectivity index (χ2n) is 5.07. The molecule has 0 fully saturated rings. The first-order valence-electron chi connectivity index (χ1n) is 6.52. The third kappa shape index (κ3) is 2.52. The Kier molecular flexibility index (Phi) is 3.97. The minimum atomic E-state index is -4.05. The summed E-state index contributed by atoms with van der Waals surface area (Å²) in [4.78, 5) is 3.72. The normalized spacial score (nSPS) is 21.2. The van der Waals surface area contributed by atoms with Crippen LogP contribution in [-0.2, 0) is 0 Å². The van der Waals surface area contributed by atoms with Gasteiger partial charge >= 0.3 is 5.92 Å². The minimum Gasteiger partial charge on any atom is -0.438 e. The molecule has 24 heavy (non-hydrogen) atoms. The number of rotatable bonds is 2. The summed E-state index contributed by atoms with van der Waals surface area (Å²) in [6.07, 6.45) is -4.15. The standard InChI is InChI=1S/C15H7BrF4N2O2/c16-9-5-22-14(11-10(9)13(23)15(19,20)12(11)18)24-8-2-6(4-21)1-7(17)3-8/h1-3,5,12-13,23H. The van der Waals surface area contributed by atoms with Crippen LogP contribution in [0, 0.1) is 17.1 Å². The third-order valence-corrected chi connectivity index (χ3v) is 4.15. The highest BCUT2D eigenvalue weighted by Crippen LogP contribution is 2.56. The van der Waals surface area contributed by atoms with E-state index in [1.807, 2.05) is 0 Å². The van der Waals surface area contributed by atoms with E-state index in [9.17, 15) is 22.7 Å². The molecular weight excluding hydrogens is 396 g/mol. The fourth-order valence-corrected chi connectivity index (χ4v) is 2.96. The number of fused-ring (bicyclic) bond motifs is 1. The monoisotopic (exact) mass is 402 g/mol. The fourth-order valence-electron chi connectivity index (χ4n) is 2.42. The van der Waals surface area contributed by atoms with Gasteiger partial charge in [0.2, 0.25) is 5.88 Å². The van der Waals surface area contributed by atoms with Crippen molar-refractivity contribution in [3.05, 3.63) is 51.4 Å². The number of hydrogen-bond acceptors (Lipinski definition) is 4. The molecule has 0 radical (unpaired) electrons. The van der Waals surface area contributed by atoms with Crippen LogP contribution in [0.25, 0.3) is 0 Å². The van der Waals surface area contributed by atoms with Gasteiger partial charge in [-0.15, -0.1) is 0 Å². The molecule has 0 bridgehead atoms. The van der Waals surface area contributed by atoms with Crippen molar-refractivity contribution in [2.75, 3.05) is 0 Å². The molecule has 0 saturated heterocycles. The lowest BCUT2D eigenvalue weighted by atomic mass is 10.1. The van der Waals surface area contributed by atoms with Crippen molar-refractivity contribution >= 4 is 15.9 Å². The maximum absolute atomic E-state index is 14.1. The Morgan fingerprint density at radius 3 is 2.67 bits per heavy atom. The van der Waals surface area contributed by atoms with E-state index in [1.165, 1.54) is 0 Å². The molecule has 1 N–H and O–H groups in total. The summed E-state index contributed by atoms with van der Waals surface area (Å²) < 4.78 is 60.3. The molecule has 3 rings (SSSR count). The summed E-state index contributed by atoms with van der Waals surface area (Å²) in [5.74, 6) is -5.59. The first-order valence-corrected chi connectivity index (χ1v) is 7.31. The largest absolute Gasteiger partial charge is 0.438 e. The zero-order valence-electron chi connectivity index (χ0n) is 11.6. The van der Waals surface area contributed by atoms with Gasteiger partial charge in [-0.1, -0.05) is 0 Å². The van der Waals surface area contributed by atoms with Crippen LogP contribution in [0.1, 0.15) is 29.0 Å². The number of nitrogens with zero attached hydrogens (tertiary/aromatic N) is 2. The van der Waals surface area contributed by atoms with Gasteiger partial charge in [-0.2, -0.15) is 14.0 Å². The number of alkyl halides is 3. The number of pyridine rings is 1. The van der Waals surface area contributed by atoms with Gasteiger partial charge in [-0.25, -0.2) is 13.8 Å². The second kappa shape index (κ2) is 5.72. The highest BCUT2D eigenvalue weighted by molar-refractivity contribution is 9.10. The molecule has 2 atom stereocenters. The SMILES string of the molecule is N#Cc1cc(F)cc(Oc2ncc(Br)c3c2C(F)C(F)(F)C3O)c1. The van der Waals surface area contributed by atoms with Crippen LogP contribution in [0.2, 0.25) is 0 Å². The summed E-state index contributed by atoms with van der Waals surface area (Å²) in [7, 11) is 0. The Morgan fingerprint density at radius 2 is 2.00 bits per heavy atom. The van der Waals surface area contributed by atoms with Crippen molar-refractivity contribution in [1.29, 1.82) is 5.26 Å². The van der Waals surface area contributed by atoms with Crippen molar-refractivity contribution in [1.82, 2.24) is 4.98 Å². The first-order chi connectivity index (χ1) is 11.3. The highest BCUT2D eigenvalue weighted by atomic mass is 79.9. The molecular formula is C15H7BrF4N2O2. The predicted molar refractivity (Wildman–Crippen MR) is 76.9 cm³/mol. The number of halogens is 5. The van der Waals surface area contributed by atoms with Crippen LogP contribution in [0.3, 0.4) is 0 Å². The zero-order valence-corrected chi connectivity index (χ0v) is 13.2. The smallest absolute Gasteiger partial charge is 0.312 e. The average molecular weight is 403 g/mol. The van der Waals surface area contributed by atoms with Crippen molar-refractivity contribution in [2.24, 2.45) is 0 Å². The molecule has 1 aliphatic carbocycles.